The molecule has 17 heavy (non-hydrogen) atoms. The number of amides is 1. The Morgan fingerprint density at radius 3 is 2.35 bits per heavy atom. The Morgan fingerprint density at radius 2 is 1.94 bits per heavy atom. The van der Waals surface area contributed by atoms with Gasteiger partial charge < -0.3 is 15.4 Å². The molecule has 0 radical (unpaired) electrons. The number of esters is 1. The normalized spacial score (nSPS) is 11.3. The third-order valence-electron chi connectivity index (χ3n) is 2.42. The smallest absolute Gasteiger partial charge is 0.307 e. The zero-order chi connectivity index (χ0) is 12.6. The summed E-state index contributed by atoms with van der Waals surface area (Å²) in [7, 11) is 1.34. The first-order valence-electron chi connectivity index (χ1n) is 5.67. The molecule has 0 saturated heterocycles. The monoisotopic (exact) mass is 266 g/mol. The Bertz CT molecular complexity index is 237. The molecule has 1 amide bonds. The molecule has 102 valence electrons. The van der Waals surface area contributed by atoms with Crippen molar-refractivity contribution in [3.05, 3.63) is 0 Å². The molecule has 5 nitrogen and oxygen atoms in total. The van der Waals surface area contributed by atoms with Crippen LogP contribution < -0.4 is 5.73 Å². The molecule has 0 aromatic heterocycles. The standard InChI is InChI=1S/C11H22N2O3.ClH/c1-4-6-9(12)11(15)13(5-2)8-7-10(14)16-3;/h9H,4-8,12H2,1-3H3;1H. The van der Waals surface area contributed by atoms with Gasteiger partial charge in [-0.15, -0.1) is 12.4 Å². The van der Waals surface area contributed by atoms with Gasteiger partial charge in [0.15, 0.2) is 0 Å². The van der Waals surface area contributed by atoms with Crippen molar-refractivity contribution in [1.29, 1.82) is 0 Å². The number of halogens is 1. The second-order valence-electron chi connectivity index (χ2n) is 3.64. The fraction of sp³-hybridized carbons (Fsp3) is 0.818. The molecular formula is C11H23ClN2O3. The zero-order valence-corrected chi connectivity index (χ0v) is 11.6. The molecule has 2 N–H and O–H groups in total. The maximum atomic E-state index is 11.8. The van der Waals surface area contributed by atoms with Crippen LogP contribution in [-0.2, 0) is 14.3 Å². The van der Waals surface area contributed by atoms with Crippen molar-refractivity contribution in [2.45, 2.75) is 39.2 Å². The average molecular weight is 267 g/mol. The van der Waals surface area contributed by atoms with Crippen molar-refractivity contribution >= 4 is 24.3 Å². The molecule has 0 bridgehead atoms. The van der Waals surface area contributed by atoms with Crippen molar-refractivity contribution in [1.82, 2.24) is 4.90 Å². The highest BCUT2D eigenvalue weighted by Gasteiger charge is 2.19. The van der Waals surface area contributed by atoms with Gasteiger partial charge in [0.05, 0.1) is 19.6 Å². The topological polar surface area (TPSA) is 72.6 Å². The average Bonchev–Trinajstić information content (AvgIpc) is 2.29. The van der Waals surface area contributed by atoms with Crippen LogP contribution in [0.2, 0.25) is 0 Å². The molecule has 0 spiro atoms. The Balaban J connectivity index is 0. The summed E-state index contributed by atoms with van der Waals surface area (Å²) in [4.78, 5) is 24.4. The molecule has 0 heterocycles. The minimum absolute atomic E-state index is 0. The minimum atomic E-state index is -0.456. The van der Waals surface area contributed by atoms with Gasteiger partial charge in [-0.3, -0.25) is 9.59 Å². The Labute approximate surface area is 109 Å². The zero-order valence-electron chi connectivity index (χ0n) is 10.8. The van der Waals surface area contributed by atoms with Gasteiger partial charge in [0.1, 0.15) is 0 Å². The molecule has 0 aromatic carbocycles. The Hall–Kier alpha value is -0.810. The fourth-order valence-electron chi connectivity index (χ4n) is 1.42. The first-order valence-corrected chi connectivity index (χ1v) is 5.67. The van der Waals surface area contributed by atoms with Gasteiger partial charge in [0, 0.05) is 13.1 Å². The lowest BCUT2D eigenvalue weighted by atomic mass is 10.1. The molecule has 1 unspecified atom stereocenters. The summed E-state index contributed by atoms with van der Waals surface area (Å²) in [5, 5.41) is 0. The molecule has 1 atom stereocenters. The predicted molar refractivity (Wildman–Crippen MR) is 69.0 cm³/mol. The van der Waals surface area contributed by atoms with Crippen LogP contribution in [0.1, 0.15) is 33.1 Å². The van der Waals surface area contributed by atoms with E-state index in [9.17, 15) is 9.59 Å². The fourth-order valence-corrected chi connectivity index (χ4v) is 1.42. The van der Waals surface area contributed by atoms with E-state index < -0.39 is 6.04 Å². The Kier molecular flexibility index (Phi) is 11.3. The lowest BCUT2D eigenvalue weighted by molar-refractivity contribution is -0.141. The predicted octanol–water partition coefficient (Wildman–Crippen LogP) is 0.947. The highest BCUT2D eigenvalue weighted by Crippen LogP contribution is 2.01. The molecule has 0 rings (SSSR count). The van der Waals surface area contributed by atoms with Gasteiger partial charge in [0.2, 0.25) is 5.91 Å². The summed E-state index contributed by atoms with van der Waals surface area (Å²) in [6, 6.07) is -0.456. The van der Waals surface area contributed by atoms with Crippen molar-refractivity contribution < 1.29 is 14.3 Å². The van der Waals surface area contributed by atoms with Crippen molar-refractivity contribution in [3.8, 4) is 0 Å². The van der Waals surface area contributed by atoms with Gasteiger partial charge in [0.25, 0.3) is 0 Å². The molecule has 0 aliphatic rings. The van der Waals surface area contributed by atoms with Crippen LogP contribution in [-0.4, -0.2) is 43.0 Å². The van der Waals surface area contributed by atoms with E-state index in [4.69, 9.17) is 5.73 Å². The van der Waals surface area contributed by atoms with E-state index in [1.165, 1.54) is 7.11 Å². The summed E-state index contributed by atoms with van der Waals surface area (Å²) in [6.45, 7) is 4.79. The van der Waals surface area contributed by atoms with Gasteiger partial charge in [-0.1, -0.05) is 13.3 Å². The molecule has 0 saturated carbocycles. The molecular weight excluding hydrogens is 244 g/mol. The number of likely N-dealkylation sites (N-methyl/N-ethyl adjacent to an activating group) is 1. The maximum absolute atomic E-state index is 11.8. The van der Waals surface area contributed by atoms with Crippen LogP contribution in [0.5, 0.6) is 0 Å². The van der Waals surface area contributed by atoms with E-state index >= 15 is 0 Å². The van der Waals surface area contributed by atoms with Crippen LogP contribution in [0.25, 0.3) is 0 Å². The summed E-state index contributed by atoms with van der Waals surface area (Å²) >= 11 is 0. The first kappa shape index (κ1) is 18.6. The quantitative estimate of drug-likeness (QED) is 0.697. The van der Waals surface area contributed by atoms with Gasteiger partial charge in [-0.25, -0.2) is 0 Å². The number of carbonyl (C=O) groups excluding carboxylic acids is 2. The number of rotatable bonds is 7. The third-order valence-corrected chi connectivity index (χ3v) is 2.42. The lowest BCUT2D eigenvalue weighted by Crippen LogP contribution is -2.44. The second kappa shape index (κ2) is 10.4. The van der Waals surface area contributed by atoms with Gasteiger partial charge in [-0.05, 0) is 13.3 Å². The summed E-state index contributed by atoms with van der Waals surface area (Å²) in [6.07, 6.45) is 1.77. The first-order chi connectivity index (χ1) is 7.56. The van der Waals surface area contributed by atoms with Crippen LogP contribution in [0.15, 0.2) is 0 Å². The highest BCUT2D eigenvalue weighted by atomic mass is 35.5. The third kappa shape index (κ3) is 7.18. The summed E-state index contributed by atoms with van der Waals surface area (Å²) in [5.41, 5.74) is 5.74. The number of carbonyl (C=O) groups is 2. The van der Waals surface area contributed by atoms with E-state index in [1.807, 2.05) is 13.8 Å². The molecule has 0 aliphatic carbocycles. The number of hydrogen-bond donors (Lipinski definition) is 1. The minimum Gasteiger partial charge on any atom is -0.469 e. The van der Waals surface area contributed by atoms with E-state index in [-0.39, 0.29) is 30.7 Å². The van der Waals surface area contributed by atoms with Gasteiger partial charge in [-0.2, -0.15) is 0 Å². The lowest BCUT2D eigenvalue weighted by Gasteiger charge is -2.23. The highest BCUT2D eigenvalue weighted by molar-refractivity contribution is 5.85. The SMILES string of the molecule is CCCC(N)C(=O)N(CC)CCC(=O)OC.Cl. The van der Waals surface area contributed by atoms with E-state index in [0.29, 0.717) is 19.5 Å². The number of ether oxygens (including phenoxy) is 1. The van der Waals surface area contributed by atoms with Crippen LogP contribution in [0.4, 0.5) is 0 Å². The number of nitrogens with zero attached hydrogens (tertiary/aromatic N) is 1. The number of hydrogen-bond acceptors (Lipinski definition) is 4. The van der Waals surface area contributed by atoms with Crippen molar-refractivity contribution in [2.24, 2.45) is 5.73 Å². The van der Waals surface area contributed by atoms with Crippen LogP contribution in [0, 0.1) is 0 Å². The molecule has 0 aliphatic heterocycles. The maximum Gasteiger partial charge on any atom is 0.307 e. The second-order valence-corrected chi connectivity index (χ2v) is 3.64. The van der Waals surface area contributed by atoms with E-state index in [1.54, 1.807) is 4.90 Å². The Morgan fingerprint density at radius 1 is 1.35 bits per heavy atom. The largest absolute Gasteiger partial charge is 0.469 e. The molecule has 0 aromatic rings. The van der Waals surface area contributed by atoms with Crippen molar-refractivity contribution in [2.75, 3.05) is 20.2 Å². The van der Waals surface area contributed by atoms with Crippen LogP contribution in [0.3, 0.4) is 0 Å². The van der Waals surface area contributed by atoms with E-state index in [2.05, 4.69) is 4.74 Å². The molecule has 0 fully saturated rings. The van der Waals surface area contributed by atoms with Gasteiger partial charge >= 0.3 is 5.97 Å². The van der Waals surface area contributed by atoms with Crippen LogP contribution >= 0.6 is 12.4 Å². The molecule has 6 heteroatoms. The van der Waals surface area contributed by atoms with E-state index in [0.717, 1.165) is 6.42 Å². The summed E-state index contributed by atoms with van der Waals surface area (Å²) < 4.78 is 4.52. The number of methoxy groups -OCH3 is 1. The van der Waals surface area contributed by atoms with Crippen molar-refractivity contribution in [3.63, 3.8) is 0 Å². The number of nitrogens with two attached hydrogens (primary N) is 1. The summed E-state index contributed by atoms with van der Waals surface area (Å²) in [5.74, 6) is -0.399.